The lowest BCUT2D eigenvalue weighted by atomic mass is 10.2. The van der Waals surface area contributed by atoms with Crippen molar-refractivity contribution in [3.63, 3.8) is 0 Å². The van der Waals surface area contributed by atoms with Crippen molar-refractivity contribution in [1.29, 1.82) is 0 Å². The number of H-pyrrole nitrogens is 1. The van der Waals surface area contributed by atoms with Gasteiger partial charge in [-0.1, -0.05) is 0 Å². The predicted molar refractivity (Wildman–Crippen MR) is 123 cm³/mol. The van der Waals surface area contributed by atoms with Crippen LogP contribution in [0.25, 0.3) is 20.7 Å². The quantitative estimate of drug-likeness (QED) is 0.428. The van der Waals surface area contributed by atoms with Crippen molar-refractivity contribution in [1.82, 2.24) is 14.9 Å². The fraction of sp³-hybridized carbons (Fsp3) is 0.273. The van der Waals surface area contributed by atoms with Gasteiger partial charge in [0.05, 0.1) is 25.5 Å². The van der Waals surface area contributed by atoms with Crippen LogP contribution in [0.15, 0.2) is 32.8 Å². The Morgan fingerprint density at radius 2 is 2.06 bits per heavy atom. The maximum atomic E-state index is 12.8. The minimum absolute atomic E-state index is 0.0590. The number of carbonyl (C=O) groups excluding carboxylic acids is 2. The van der Waals surface area contributed by atoms with Crippen LogP contribution in [-0.4, -0.2) is 40.9 Å². The number of hydrogen-bond acceptors (Lipinski definition) is 8. The second kappa shape index (κ2) is 8.71. The Hall–Kier alpha value is -3.24. The number of aryl methyl sites for hydroxylation is 2. The molecule has 0 atom stereocenters. The fourth-order valence-corrected chi connectivity index (χ4v) is 5.29. The van der Waals surface area contributed by atoms with Gasteiger partial charge in [-0.05, 0) is 32.0 Å². The molecule has 0 aromatic carbocycles. The third-order valence-electron chi connectivity index (χ3n) is 5.01. The smallest absolute Gasteiger partial charge is 0.341 e. The fourth-order valence-electron chi connectivity index (χ4n) is 3.37. The Morgan fingerprint density at radius 1 is 1.28 bits per heavy atom. The van der Waals surface area contributed by atoms with E-state index in [0.717, 1.165) is 10.4 Å². The zero-order chi connectivity index (χ0) is 23.0. The van der Waals surface area contributed by atoms with Crippen LogP contribution in [0.5, 0.6) is 0 Å². The highest BCUT2D eigenvalue weighted by Gasteiger charge is 2.20. The number of nitrogens with zero attached hydrogens (tertiary/aromatic N) is 2. The summed E-state index contributed by atoms with van der Waals surface area (Å²) in [5.41, 5.74) is 0.933. The van der Waals surface area contributed by atoms with E-state index in [1.165, 1.54) is 28.2 Å². The van der Waals surface area contributed by atoms with Crippen LogP contribution >= 0.6 is 22.7 Å². The average molecular weight is 472 g/mol. The predicted octanol–water partition coefficient (Wildman–Crippen LogP) is 3.91. The zero-order valence-corrected chi connectivity index (χ0v) is 19.6. The maximum Gasteiger partial charge on any atom is 0.341 e. The van der Waals surface area contributed by atoms with Gasteiger partial charge in [0.1, 0.15) is 27.7 Å². The van der Waals surface area contributed by atoms with Gasteiger partial charge in [-0.15, -0.1) is 22.7 Å². The van der Waals surface area contributed by atoms with E-state index in [1.807, 2.05) is 24.4 Å². The molecule has 0 saturated carbocycles. The SMILES string of the molecule is COC(=O)c1cc(CN(C)C(=O)Cc2nc3scc(-c4ccc(C)s4)c3c(=O)[nH]2)oc1C. The van der Waals surface area contributed by atoms with Gasteiger partial charge in [-0.25, -0.2) is 9.78 Å². The summed E-state index contributed by atoms with van der Waals surface area (Å²) in [6.45, 7) is 3.85. The molecule has 0 unspecified atom stereocenters. The number of hydrogen-bond donors (Lipinski definition) is 1. The highest BCUT2D eigenvalue weighted by atomic mass is 32.1. The molecule has 4 aromatic heterocycles. The van der Waals surface area contributed by atoms with Gasteiger partial charge < -0.3 is 19.0 Å². The Kier molecular flexibility index (Phi) is 5.98. The summed E-state index contributed by atoms with van der Waals surface area (Å²) in [5, 5.41) is 2.47. The largest absolute Gasteiger partial charge is 0.465 e. The molecule has 1 N–H and O–H groups in total. The van der Waals surface area contributed by atoms with Crippen LogP contribution in [0.1, 0.15) is 32.6 Å². The minimum atomic E-state index is -0.491. The number of furan rings is 1. The molecule has 4 aromatic rings. The molecule has 0 saturated heterocycles. The number of thiophene rings is 2. The van der Waals surface area contributed by atoms with Gasteiger partial charge in [0.15, 0.2) is 0 Å². The van der Waals surface area contributed by atoms with E-state index in [-0.39, 0.29) is 24.4 Å². The molecule has 0 aliphatic carbocycles. The van der Waals surface area contributed by atoms with E-state index in [1.54, 1.807) is 31.4 Å². The van der Waals surface area contributed by atoms with Gasteiger partial charge in [0.25, 0.3) is 5.56 Å². The number of likely N-dealkylation sites (N-methyl/N-ethyl adjacent to an activating group) is 1. The summed E-state index contributed by atoms with van der Waals surface area (Å²) in [6.07, 6.45) is -0.0590. The molecular formula is C22H21N3O5S2. The topological polar surface area (TPSA) is 105 Å². The summed E-state index contributed by atoms with van der Waals surface area (Å²) in [7, 11) is 2.92. The van der Waals surface area contributed by atoms with Crippen LogP contribution in [0, 0.1) is 13.8 Å². The van der Waals surface area contributed by atoms with Crippen molar-refractivity contribution >= 4 is 44.8 Å². The first-order valence-electron chi connectivity index (χ1n) is 9.75. The molecule has 10 heteroatoms. The number of carbonyl (C=O) groups is 2. The van der Waals surface area contributed by atoms with Gasteiger partial charge in [-0.3, -0.25) is 9.59 Å². The lowest BCUT2D eigenvalue weighted by Crippen LogP contribution is -2.29. The first-order chi connectivity index (χ1) is 15.3. The molecule has 0 spiro atoms. The number of aromatic amines is 1. The Morgan fingerprint density at radius 3 is 2.75 bits per heavy atom. The second-order valence-electron chi connectivity index (χ2n) is 7.35. The third kappa shape index (κ3) is 4.23. The molecule has 166 valence electrons. The molecule has 4 rings (SSSR count). The Bertz CT molecular complexity index is 1380. The summed E-state index contributed by atoms with van der Waals surface area (Å²) in [6, 6.07) is 5.58. The average Bonchev–Trinajstić information content (AvgIpc) is 3.45. The van der Waals surface area contributed by atoms with Gasteiger partial charge >= 0.3 is 5.97 Å². The van der Waals surface area contributed by atoms with Crippen molar-refractivity contribution in [3.05, 3.63) is 61.7 Å². The Labute approximate surface area is 191 Å². The van der Waals surface area contributed by atoms with Crippen LogP contribution < -0.4 is 5.56 Å². The lowest BCUT2D eigenvalue weighted by Gasteiger charge is -2.15. The molecule has 0 bridgehead atoms. The number of fused-ring (bicyclic) bond motifs is 1. The zero-order valence-electron chi connectivity index (χ0n) is 18.0. The van der Waals surface area contributed by atoms with Crippen molar-refractivity contribution in [2.45, 2.75) is 26.8 Å². The first kappa shape index (κ1) is 22.0. The van der Waals surface area contributed by atoms with Crippen LogP contribution in [0.3, 0.4) is 0 Å². The number of aromatic nitrogens is 2. The minimum Gasteiger partial charge on any atom is -0.465 e. The van der Waals surface area contributed by atoms with Crippen molar-refractivity contribution in [2.75, 3.05) is 14.2 Å². The number of nitrogens with one attached hydrogen (secondary N) is 1. The van der Waals surface area contributed by atoms with Crippen LogP contribution in [-0.2, 0) is 22.5 Å². The number of amides is 1. The number of ether oxygens (including phenoxy) is 1. The summed E-state index contributed by atoms with van der Waals surface area (Å²) in [4.78, 5) is 48.7. The van der Waals surface area contributed by atoms with Crippen LogP contribution in [0.2, 0.25) is 0 Å². The normalized spacial score (nSPS) is 11.1. The van der Waals surface area contributed by atoms with E-state index in [0.29, 0.717) is 33.1 Å². The lowest BCUT2D eigenvalue weighted by molar-refractivity contribution is -0.130. The highest BCUT2D eigenvalue weighted by Crippen LogP contribution is 2.35. The van der Waals surface area contributed by atoms with E-state index in [4.69, 9.17) is 9.15 Å². The highest BCUT2D eigenvalue weighted by molar-refractivity contribution is 7.19. The van der Waals surface area contributed by atoms with Crippen molar-refractivity contribution < 1.29 is 18.7 Å². The van der Waals surface area contributed by atoms with Crippen molar-refractivity contribution in [3.8, 4) is 10.4 Å². The molecule has 0 aliphatic rings. The van der Waals surface area contributed by atoms with Gasteiger partial charge in [0.2, 0.25) is 5.91 Å². The molecular weight excluding hydrogens is 450 g/mol. The van der Waals surface area contributed by atoms with E-state index >= 15 is 0 Å². The maximum absolute atomic E-state index is 12.8. The number of methoxy groups -OCH3 is 1. The monoisotopic (exact) mass is 471 g/mol. The van der Waals surface area contributed by atoms with Gasteiger partial charge in [0, 0.05) is 27.7 Å². The second-order valence-corrected chi connectivity index (χ2v) is 9.50. The Balaban J connectivity index is 1.51. The first-order valence-corrected chi connectivity index (χ1v) is 11.4. The van der Waals surface area contributed by atoms with E-state index < -0.39 is 5.97 Å². The number of esters is 1. The molecule has 0 fully saturated rings. The van der Waals surface area contributed by atoms with E-state index in [9.17, 15) is 14.4 Å². The molecule has 1 amide bonds. The summed E-state index contributed by atoms with van der Waals surface area (Å²) < 4.78 is 10.3. The number of rotatable bonds is 6. The third-order valence-corrected chi connectivity index (χ3v) is 6.92. The molecule has 8 nitrogen and oxygen atoms in total. The standard InChI is InChI=1S/C22H21N3O5S2/c1-11-5-6-16(32-11)15-10-31-21-19(15)20(27)23-17(24-21)8-18(26)25(3)9-13-7-14(12(2)30-13)22(28)29-4/h5-7,10H,8-9H2,1-4H3,(H,23,24,27). The molecule has 0 radical (unpaired) electrons. The van der Waals surface area contributed by atoms with Gasteiger partial charge in [-0.2, -0.15) is 0 Å². The molecule has 32 heavy (non-hydrogen) atoms. The van der Waals surface area contributed by atoms with Crippen molar-refractivity contribution in [2.24, 2.45) is 0 Å². The van der Waals surface area contributed by atoms with E-state index in [2.05, 4.69) is 9.97 Å². The summed E-state index contributed by atoms with van der Waals surface area (Å²) >= 11 is 3.01. The summed E-state index contributed by atoms with van der Waals surface area (Å²) in [5.74, 6) is 0.464. The molecule has 0 aliphatic heterocycles. The molecule has 4 heterocycles. The van der Waals surface area contributed by atoms with Crippen LogP contribution in [0.4, 0.5) is 0 Å².